The monoisotopic (exact) mass is 297 g/mol. The molecule has 5 nitrogen and oxygen atoms in total. The molecule has 5 heteroatoms. The molecule has 0 aromatic heterocycles. The van der Waals surface area contributed by atoms with E-state index in [1.165, 1.54) is 0 Å². The summed E-state index contributed by atoms with van der Waals surface area (Å²) in [4.78, 5) is 23.4. The van der Waals surface area contributed by atoms with Crippen LogP contribution in [0.15, 0.2) is 0 Å². The first kappa shape index (κ1) is 16.3. The van der Waals surface area contributed by atoms with Crippen LogP contribution in [0.1, 0.15) is 59.3 Å². The van der Waals surface area contributed by atoms with Crippen molar-refractivity contribution in [3.8, 4) is 0 Å². The summed E-state index contributed by atoms with van der Waals surface area (Å²) in [6, 6.07) is 0.110. The van der Waals surface area contributed by atoms with E-state index in [4.69, 9.17) is 9.84 Å². The second-order valence-electron chi connectivity index (χ2n) is 6.91. The predicted octanol–water partition coefficient (Wildman–Crippen LogP) is 2.34. The van der Waals surface area contributed by atoms with Gasteiger partial charge >= 0.3 is 5.97 Å². The molecule has 1 saturated carbocycles. The van der Waals surface area contributed by atoms with E-state index in [2.05, 4.69) is 5.32 Å². The van der Waals surface area contributed by atoms with E-state index in [9.17, 15) is 9.59 Å². The van der Waals surface area contributed by atoms with Crippen LogP contribution in [0.5, 0.6) is 0 Å². The van der Waals surface area contributed by atoms with Gasteiger partial charge in [0.15, 0.2) is 0 Å². The Kier molecular flexibility index (Phi) is 4.61. The molecule has 1 atom stereocenters. The van der Waals surface area contributed by atoms with Crippen molar-refractivity contribution >= 4 is 11.9 Å². The molecule has 1 aliphatic carbocycles. The third kappa shape index (κ3) is 3.23. The fraction of sp³-hybridized carbons (Fsp3) is 0.875. The fourth-order valence-electron chi connectivity index (χ4n) is 3.38. The first-order chi connectivity index (χ1) is 9.84. The van der Waals surface area contributed by atoms with Gasteiger partial charge in [-0.1, -0.05) is 20.8 Å². The number of carboxylic acids is 1. The summed E-state index contributed by atoms with van der Waals surface area (Å²) in [6.45, 7) is 6.68. The molecule has 2 aliphatic rings. The molecule has 0 aromatic rings. The Morgan fingerprint density at radius 3 is 2.43 bits per heavy atom. The van der Waals surface area contributed by atoms with E-state index >= 15 is 0 Å². The molecule has 0 radical (unpaired) electrons. The van der Waals surface area contributed by atoms with Gasteiger partial charge in [-0.05, 0) is 38.5 Å². The van der Waals surface area contributed by atoms with Crippen molar-refractivity contribution in [2.75, 3.05) is 6.61 Å². The van der Waals surface area contributed by atoms with Gasteiger partial charge in [0.25, 0.3) is 0 Å². The summed E-state index contributed by atoms with van der Waals surface area (Å²) in [5.41, 5.74) is -0.622. The van der Waals surface area contributed by atoms with Crippen LogP contribution in [0.3, 0.4) is 0 Å². The molecule has 2 rings (SSSR count). The van der Waals surface area contributed by atoms with E-state index in [0.29, 0.717) is 19.4 Å². The average Bonchev–Trinajstić information content (AvgIpc) is 2.43. The SMILES string of the molecule is CCC(C)(CC)C(=O)NC1CCOC2(C1)CC(C(=O)O)C2. The summed E-state index contributed by atoms with van der Waals surface area (Å²) in [5, 5.41) is 12.2. The Labute approximate surface area is 126 Å². The molecule has 120 valence electrons. The van der Waals surface area contributed by atoms with Gasteiger partial charge in [0, 0.05) is 18.1 Å². The van der Waals surface area contributed by atoms with Gasteiger partial charge in [-0.15, -0.1) is 0 Å². The number of carbonyl (C=O) groups excluding carboxylic acids is 1. The third-order valence-electron chi connectivity index (χ3n) is 5.52. The van der Waals surface area contributed by atoms with Crippen molar-refractivity contribution in [1.82, 2.24) is 5.32 Å². The largest absolute Gasteiger partial charge is 0.481 e. The molecule has 21 heavy (non-hydrogen) atoms. The molecule has 1 spiro atoms. The first-order valence-electron chi connectivity index (χ1n) is 8.02. The predicted molar refractivity (Wildman–Crippen MR) is 78.9 cm³/mol. The van der Waals surface area contributed by atoms with Gasteiger partial charge in [0.05, 0.1) is 11.5 Å². The molecular formula is C16H27NO4. The van der Waals surface area contributed by atoms with Crippen LogP contribution in [0.4, 0.5) is 0 Å². The minimum Gasteiger partial charge on any atom is -0.481 e. The highest BCUT2D eigenvalue weighted by Gasteiger charge is 2.51. The molecule has 0 bridgehead atoms. The van der Waals surface area contributed by atoms with Crippen LogP contribution in [-0.4, -0.2) is 35.2 Å². The first-order valence-corrected chi connectivity index (χ1v) is 8.02. The van der Waals surface area contributed by atoms with E-state index in [0.717, 1.165) is 25.7 Å². The maximum atomic E-state index is 12.4. The van der Waals surface area contributed by atoms with E-state index < -0.39 is 5.97 Å². The van der Waals surface area contributed by atoms with E-state index in [1.807, 2.05) is 20.8 Å². The molecule has 1 heterocycles. The maximum absolute atomic E-state index is 12.4. The highest BCUT2D eigenvalue weighted by molar-refractivity contribution is 5.82. The van der Waals surface area contributed by atoms with Crippen molar-refractivity contribution < 1.29 is 19.4 Å². The zero-order valence-corrected chi connectivity index (χ0v) is 13.3. The summed E-state index contributed by atoms with van der Waals surface area (Å²) in [7, 11) is 0. The van der Waals surface area contributed by atoms with Crippen LogP contribution >= 0.6 is 0 Å². The molecule has 0 aromatic carbocycles. The van der Waals surface area contributed by atoms with Gasteiger partial charge in [-0.25, -0.2) is 0 Å². The number of nitrogens with one attached hydrogen (secondary N) is 1. The normalized spacial score (nSPS) is 32.5. The lowest BCUT2D eigenvalue weighted by Crippen LogP contribution is -2.57. The van der Waals surface area contributed by atoms with Crippen LogP contribution in [0.2, 0.25) is 0 Å². The number of amides is 1. The van der Waals surface area contributed by atoms with Gasteiger partial charge < -0.3 is 15.2 Å². The smallest absolute Gasteiger partial charge is 0.306 e. The number of ether oxygens (including phenoxy) is 1. The average molecular weight is 297 g/mol. The Hall–Kier alpha value is -1.10. The lowest BCUT2D eigenvalue weighted by molar-refractivity contribution is -0.182. The number of carbonyl (C=O) groups is 2. The standard InChI is InChI=1S/C16H27NO4/c1-4-15(3,5-2)14(20)17-12-6-7-21-16(10-12)8-11(9-16)13(18)19/h11-12H,4-10H2,1-3H3,(H,17,20)(H,18,19). The maximum Gasteiger partial charge on any atom is 0.306 e. The molecular weight excluding hydrogens is 270 g/mol. The van der Waals surface area contributed by atoms with Crippen LogP contribution < -0.4 is 5.32 Å². The highest BCUT2D eigenvalue weighted by atomic mass is 16.5. The summed E-state index contributed by atoms with van der Waals surface area (Å²) < 4.78 is 5.82. The lowest BCUT2D eigenvalue weighted by Gasteiger charge is -2.50. The van der Waals surface area contributed by atoms with Crippen LogP contribution in [0, 0.1) is 11.3 Å². The lowest BCUT2D eigenvalue weighted by atomic mass is 9.66. The molecule has 1 amide bonds. The van der Waals surface area contributed by atoms with Crippen molar-refractivity contribution in [1.29, 1.82) is 0 Å². The quantitative estimate of drug-likeness (QED) is 0.816. The molecule has 1 aliphatic heterocycles. The number of hydrogen-bond acceptors (Lipinski definition) is 3. The number of aliphatic carboxylic acids is 1. The Balaban J connectivity index is 1.91. The zero-order chi connectivity index (χ0) is 15.7. The summed E-state index contributed by atoms with van der Waals surface area (Å²) in [5.74, 6) is -0.903. The molecule has 2 N–H and O–H groups in total. The van der Waals surface area contributed by atoms with Gasteiger partial charge in [0.2, 0.25) is 5.91 Å². The second-order valence-corrected chi connectivity index (χ2v) is 6.91. The van der Waals surface area contributed by atoms with Crippen molar-refractivity contribution in [2.45, 2.75) is 70.9 Å². The van der Waals surface area contributed by atoms with Crippen molar-refractivity contribution in [2.24, 2.45) is 11.3 Å². The van der Waals surface area contributed by atoms with Crippen LogP contribution in [0.25, 0.3) is 0 Å². The fourth-order valence-corrected chi connectivity index (χ4v) is 3.38. The molecule has 1 saturated heterocycles. The summed E-state index contributed by atoms with van der Waals surface area (Å²) >= 11 is 0. The van der Waals surface area contributed by atoms with Crippen molar-refractivity contribution in [3.63, 3.8) is 0 Å². The minimum atomic E-state index is -0.736. The summed E-state index contributed by atoms with van der Waals surface area (Å²) in [6.07, 6.45) is 4.36. The van der Waals surface area contributed by atoms with E-state index in [1.54, 1.807) is 0 Å². The van der Waals surface area contributed by atoms with Gasteiger partial charge in [-0.2, -0.15) is 0 Å². The number of carboxylic acid groups (broad SMARTS) is 1. The zero-order valence-electron chi connectivity index (χ0n) is 13.3. The van der Waals surface area contributed by atoms with Gasteiger partial charge in [0.1, 0.15) is 0 Å². The number of rotatable bonds is 5. The van der Waals surface area contributed by atoms with Crippen LogP contribution in [-0.2, 0) is 14.3 Å². The second kappa shape index (κ2) is 5.95. The number of hydrogen-bond donors (Lipinski definition) is 2. The van der Waals surface area contributed by atoms with E-state index in [-0.39, 0.29) is 28.9 Å². The van der Waals surface area contributed by atoms with Gasteiger partial charge in [-0.3, -0.25) is 9.59 Å². The topological polar surface area (TPSA) is 75.6 Å². The Morgan fingerprint density at radius 2 is 1.90 bits per heavy atom. The molecule has 2 fully saturated rings. The minimum absolute atomic E-state index is 0.110. The Bertz CT molecular complexity index is 411. The third-order valence-corrected chi connectivity index (χ3v) is 5.52. The molecule has 1 unspecified atom stereocenters. The van der Waals surface area contributed by atoms with Crippen molar-refractivity contribution in [3.05, 3.63) is 0 Å². The highest BCUT2D eigenvalue weighted by Crippen LogP contribution is 2.46. The Morgan fingerprint density at radius 1 is 1.29 bits per heavy atom.